The van der Waals surface area contributed by atoms with Crippen LogP contribution in [-0.2, 0) is 4.79 Å². The summed E-state index contributed by atoms with van der Waals surface area (Å²) in [6.45, 7) is 2.52. The first-order valence-electron chi connectivity index (χ1n) is 8.31. The second kappa shape index (κ2) is 7.57. The van der Waals surface area contributed by atoms with Crippen LogP contribution < -0.4 is 10.1 Å². The molecule has 3 rings (SSSR count). The molecule has 1 aliphatic rings. The molecule has 2 aromatic rings. The predicted octanol–water partition coefficient (Wildman–Crippen LogP) is 3.59. The van der Waals surface area contributed by atoms with Gasteiger partial charge in [-0.05, 0) is 30.7 Å². The first kappa shape index (κ1) is 18.6. The number of rotatable bonds is 6. The quantitative estimate of drug-likeness (QED) is 0.843. The van der Waals surface area contributed by atoms with Crippen LogP contribution in [0.2, 0.25) is 0 Å². The second-order valence-electron chi connectivity index (χ2n) is 6.12. The smallest absolute Gasteiger partial charge is 0.387 e. The number of halogens is 2. The maximum absolute atomic E-state index is 12.4. The lowest BCUT2D eigenvalue weighted by Crippen LogP contribution is -2.37. The fourth-order valence-corrected chi connectivity index (χ4v) is 2.98. The number of benzene rings is 2. The van der Waals surface area contributed by atoms with Crippen molar-refractivity contribution in [3.8, 4) is 5.75 Å². The van der Waals surface area contributed by atoms with Gasteiger partial charge in [-0.15, -0.1) is 0 Å². The van der Waals surface area contributed by atoms with Gasteiger partial charge < -0.3 is 10.1 Å². The van der Waals surface area contributed by atoms with Crippen LogP contribution in [0.5, 0.6) is 5.75 Å². The van der Waals surface area contributed by atoms with Crippen molar-refractivity contribution in [1.82, 2.24) is 10.2 Å². The minimum absolute atomic E-state index is 0.0159. The molecule has 0 aromatic heterocycles. The molecule has 7 heteroatoms. The van der Waals surface area contributed by atoms with Gasteiger partial charge in [-0.1, -0.05) is 36.9 Å². The molecule has 1 unspecified atom stereocenters. The Morgan fingerprint density at radius 3 is 2.56 bits per heavy atom. The molecule has 140 valence electrons. The standard InChI is InChI=1S/C20H18F2N2O3/c1-12(14-6-5-7-15(10-14)27-20(21)22)23-18(25)11-24-13(2)16-8-3-4-9-17(16)19(24)26/h3-10,12,20H,2,11H2,1H3,(H,23,25). The third-order valence-corrected chi connectivity index (χ3v) is 4.30. The molecule has 1 aliphatic heterocycles. The Hall–Kier alpha value is -3.22. The predicted molar refractivity (Wildman–Crippen MR) is 96.1 cm³/mol. The maximum atomic E-state index is 12.4. The monoisotopic (exact) mass is 372 g/mol. The van der Waals surface area contributed by atoms with Crippen LogP contribution in [-0.4, -0.2) is 29.9 Å². The van der Waals surface area contributed by atoms with E-state index in [-0.39, 0.29) is 24.1 Å². The molecule has 0 saturated heterocycles. The van der Waals surface area contributed by atoms with E-state index in [0.717, 1.165) is 0 Å². The fourth-order valence-electron chi connectivity index (χ4n) is 2.98. The van der Waals surface area contributed by atoms with Gasteiger partial charge in [0.15, 0.2) is 0 Å². The van der Waals surface area contributed by atoms with Crippen LogP contribution in [0.1, 0.15) is 34.5 Å². The molecule has 0 bridgehead atoms. The number of hydrogen-bond acceptors (Lipinski definition) is 3. The summed E-state index contributed by atoms with van der Waals surface area (Å²) in [6, 6.07) is 12.7. The van der Waals surface area contributed by atoms with E-state index in [4.69, 9.17) is 0 Å². The van der Waals surface area contributed by atoms with Crippen molar-refractivity contribution in [2.45, 2.75) is 19.6 Å². The average Bonchev–Trinajstić information content (AvgIpc) is 2.86. The molecule has 27 heavy (non-hydrogen) atoms. The molecule has 1 heterocycles. The van der Waals surface area contributed by atoms with Crippen LogP contribution in [0.25, 0.3) is 5.70 Å². The molecule has 1 N–H and O–H groups in total. The zero-order chi connectivity index (χ0) is 19.6. The molecule has 2 amide bonds. The summed E-state index contributed by atoms with van der Waals surface area (Å²) in [7, 11) is 0. The number of alkyl halides is 2. The van der Waals surface area contributed by atoms with E-state index >= 15 is 0 Å². The fraction of sp³-hybridized carbons (Fsp3) is 0.200. The third kappa shape index (κ3) is 3.97. The third-order valence-electron chi connectivity index (χ3n) is 4.30. The molecule has 0 saturated carbocycles. The number of carbonyl (C=O) groups is 2. The Balaban J connectivity index is 1.65. The van der Waals surface area contributed by atoms with Crippen molar-refractivity contribution >= 4 is 17.5 Å². The maximum Gasteiger partial charge on any atom is 0.387 e. The van der Waals surface area contributed by atoms with Crippen LogP contribution in [0.3, 0.4) is 0 Å². The van der Waals surface area contributed by atoms with Gasteiger partial charge in [-0.2, -0.15) is 8.78 Å². The Labute approximate surface area is 155 Å². The summed E-state index contributed by atoms with van der Waals surface area (Å²) in [6.07, 6.45) is 0. The number of hydrogen-bond donors (Lipinski definition) is 1. The number of nitrogens with one attached hydrogen (secondary N) is 1. The van der Waals surface area contributed by atoms with E-state index in [1.807, 2.05) is 0 Å². The average molecular weight is 372 g/mol. The molecule has 5 nitrogen and oxygen atoms in total. The van der Waals surface area contributed by atoms with Gasteiger partial charge in [-0.25, -0.2) is 0 Å². The number of amides is 2. The minimum atomic E-state index is -2.92. The molecule has 2 aromatic carbocycles. The van der Waals surface area contributed by atoms with Gasteiger partial charge in [0.2, 0.25) is 5.91 Å². The summed E-state index contributed by atoms with van der Waals surface area (Å²) in [5, 5.41) is 2.75. The summed E-state index contributed by atoms with van der Waals surface area (Å²) in [5.41, 5.74) is 2.31. The van der Waals surface area contributed by atoms with Gasteiger partial charge in [0.05, 0.1) is 6.04 Å². The highest BCUT2D eigenvalue weighted by molar-refractivity contribution is 6.10. The van der Waals surface area contributed by atoms with Gasteiger partial charge in [-0.3, -0.25) is 14.5 Å². The lowest BCUT2D eigenvalue weighted by molar-refractivity contribution is -0.121. The summed E-state index contributed by atoms with van der Waals surface area (Å²) in [4.78, 5) is 26.2. The Kier molecular flexibility index (Phi) is 5.21. The summed E-state index contributed by atoms with van der Waals surface area (Å²) >= 11 is 0. The van der Waals surface area contributed by atoms with Gasteiger partial charge in [0, 0.05) is 16.8 Å². The molecular weight excluding hydrogens is 354 g/mol. The van der Waals surface area contributed by atoms with E-state index in [1.54, 1.807) is 43.3 Å². The first-order chi connectivity index (χ1) is 12.9. The second-order valence-corrected chi connectivity index (χ2v) is 6.12. The summed E-state index contributed by atoms with van der Waals surface area (Å²) < 4.78 is 29.0. The highest BCUT2D eigenvalue weighted by Gasteiger charge is 2.32. The van der Waals surface area contributed by atoms with Crippen molar-refractivity contribution < 1.29 is 23.1 Å². The first-order valence-corrected chi connectivity index (χ1v) is 8.31. The SMILES string of the molecule is C=C1c2ccccc2C(=O)N1CC(=O)NC(C)c1cccc(OC(F)F)c1. The minimum Gasteiger partial charge on any atom is -0.435 e. The number of nitrogens with zero attached hydrogens (tertiary/aromatic N) is 1. The number of fused-ring (bicyclic) bond motifs is 1. The molecule has 0 aliphatic carbocycles. The van der Waals surface area contributed by atoms with Crippen molar-refractivity contribution in [3.63, 3.8) is 0 Å². The molecular formula is C20H18F2N2O3. The zero-order valence-electron chi connectivity index (χ0n) is 14.6. The van der Waals surface area contributed by atoms with Crippen LogP contribution in [0.15, 0.2) is 55.1 Å². The van der Waals surface area contributed by atoms with Crippen molar-refractivity contribution in [2.24, 2.45) is 0 Å². The van der Waals surface area contributed by atoms with Gasteiger partial charge in [0.1, 0.15) is 12.3 Å². The van der Waals surface area contributed by atoms with Crippen LogP contribution in [0.4, 0.5) is 8.78 Å². The van der Waals surface area contributed by atoms with Gasteiger partial charge >= 0.3 is 6.61 Å². The van der Waals surface area contributed by atoms with E-state index in [2.05, 4.69) is 16.6 Å². The largest absolute Gasteiger partial charge is 0.435 e. The number of carbonyl (C=O) groups excluding carboxylic acids is 2. The topological polar surface area (TPSA) is 58.6 Å². The highest BCUT2D eigenvalue weighted by atomic mass is 19.3. The normalized spacial score (nSPS) is 14.3. The molecule has 0 radical (unpaired) electrons. The Morgan fingerprint density at radius 1 is 1.19 bits per heavy atom. The number of ether oxygens (including phenoxy) is 1. The molecule has 0 spiro atoms. The van der Waals surface area contributed by atoms with E-state index in [0.29, 0.717) is 22.4 Å². The van der Waals surface area contributed by atoms with Crippen molar-refractivity contribution in [1.29, 1.82) is 0 Å². The lowest BCUT2D eigenvalue weighted by atomic mass is 10.1. The Bertz CT molecular complexity index is 863. The lowest BCUT2D eigenvalue weighted by Gasteiger charge is -2.20. The summed E-state index contributed by atoms with van der Waals surface area (Å²) in [5.74, 6) is -0.641. The van der Waals surface area contributed by atoms with Gasteiger partial charge in [0.25, 0.3) is 5.91 Å². The van der Waals surface area contributed by atoms with E-state index in [9.17, 15) is 18.4 Å². The van der Waals surface area contributed by atoms with E-state index < -0.39 is 12.7 Å². The molecule has 0 fully saturated rings. The zero-order valence-corrected chi connectivity index (χ0v) is 14.6. The molecule has 1 atom stereocenters. The Morgan fingerprint density at radius 2 is 1.89 bits per heavy atom. The van der Waals surface area contributed by atoms with Crippen LogP contribution in [0, 0.1) is 0 Å². The van der Waals surface area contributed by atoms with Crippen LogP contribution >= 0.6 is 0 Å². The van der Waals surface area contributed by atoms with E-state index in [1.165, 1.54) is 17.0 Å². The van der Waals surface area contributed by atoms with Crippen molar-refractivity contribution in [3.05, 3.63) is 71.8 Å². The highest BCUT2D eigenvalue weighted by Crippen LogP contribution is 2.30. The van der Waals surface area contributed by atoms with Crippen molar-refractivity contribution in [2.75, 3.05) is 6.54 Å².